The van der Waals surface area contributed by atoms with Gasteiger partial charge in [-0.2, -0.15) is 5.10 Å². The maximum Gasteiger partial charge on any atom is 0.194 e. The van der Waals surface area contributed by atoms with Crippen LogP contribution in [0.1, 0.15) is 38.4 Å². The smallest absolute Gasteiger partial charge is 0.194 e. The van der Waals surface area contributed by atoms with Crippen LogP contribution in [0, 0.1) is 5.92 Å². The fraction of sp³-hybridized carbons (Fsp3) is 0.714. The largest absolute Gasteiger partial charge is 0.348 e. The number of aromatic nitrogens is 2. The van der Waals surface area contributed by atoms with E-state index < -0.39 is 0 Å². The van der Waals surface area contributed by atoms with Crippen LogP contribution >= 0.6 is 0 Å². The second-order valence-corrected chi connectivity index (χ2v) is 5.90. The van der Waals surface area contributed by atoms with Gasteiger partial charge in [-0.15, -0.1) is 0 Å². The van der Waals surface area contributed by atoms with Crippen molar-refractivity contribution in [3.63, 3.8) is 0 Å². The molecular weight excluding hydrogens is 238 g/mol. The van der Waals surface area contributed by atoms with Gasteiger partial charge in [0, 0.05) is 19.8 Å². The minimum Gasteiger partial charge on any atom is -0.348 e. The molecule has 3 heterocycles. The number of aliphatic imine (C=N–C) groups is 1. The highest BCUT2D eigenvalue weighted by Crippen LogP contribution is 2.26. The molecule has 0 amide bonds. The first-order valence-corrected chi connectivity index (χ1v) is 7.20. The van der Waals surface area contributed by atoms with Gasteiger partial charge in [0.05, 0.1) is 24.3 Å². The second kappa shape index (κ2) is 4.87. The molecular formula is C14H23N5. The highest BCUT2D eigenvalue weighted by atomic mass is 15.4. The van der Waals surface area contributed by atoms with Gasteiger partial charge in [0.25, 0.3) is 0 Å². The summed E-state index contributed by atoms with van der Waals surface area (Å²) in [5.74, 6) is 1.85. The molecule has 19 heavy (non-hydrogen) atoms. The van der Waals surface area contributed by atoms with Gasteiger partial charge in [-0.25, -0.2) is 0 Å². The molecule has 1 fully saturated rings. The van der Waals surface area contributed by atoms with Gasteiger partial charge in [-0.3, -0.25) is 9.67 Å². The molecule has 2 unspecified atom stereocenters. The number of piperidine rings is 1. The van der Waals surface area contributed by atoms with Crippen LogP contribution in [0.2, 0.25) is 0 Å². The van der Waals surface area contributed by atoms with E-state index in [-0.39, 0.29) is 6.04 Å². The van der Waals surface area contributed by atoms with Crippen LogP contribution in [0.3, 0.4) is 0 Å². The standard InChI is InChI=1S/C14H23N5/c1-10-4-5-12-8-15-14(19(12)9-10)17-11(2)13-6-7-16-18(13)3/h6-7,10-12H,4-5,8-9H2,1-3H3,(H,15,17)/t10?,11-,12?/m1/s1. The molecule has 0 saturated carbocycles. The van der Waals surface area contributed by atoms with Crippen LogP contribution in [0.15, 0.2) is 17.3 Å². The van der Waals surface area contributed by atoms with Crippen LogP contribution in [0.5, 0.6) is 0 Å². The van der Waals surface area contributed by atoms with Crippen molar-refractivity contribution in [1.82, 2.24) is 20.0 Å². The summed E-state index contributed by atoms with van der Waals surface area (Å²) < 4.78 is 1.92. The molecule has 1 aromatic rings. The predicted molar refractivity (Wildman–Crippen MR) is 76.0 cm³/mol. The van der Waals surface area contributed by atoms with Crippen LogP contribution in [0.4, 0.5) is 0 Å². The van der Waals surface area contributed by atoms with E-state index in [1.54, 1.807) is 0 Å². The number of hydrogen-bond acceptors (Lipinski definition) is 4. The lowest BCUT2D eigenvalue weighted by atomic mass is 9.95. The van der Waals surface area contributed by atoms with Gasteiger partial charge in [-0.1, -0.05) is 6.92 Å². The number of nitrogens with zero attached hydrogens (tertiary/aromatic N) is 4. The van der Waals surface area contributed by atoms with Crippen LogP contribution < -0.4 is 5.32 Å². The van der Waals surface area contributed by atoms with Crippen molar-refractivity contribution in [2.75, 3.05) is 13.1 Å². The molecule has 3 rings (SSSR count). The average molecular weight is 261 g/mol. The zero-order valence-electron chi connectivity index (χ0n) is 12.0. The van der Waals surface area contributed by atoms with E-state index >= 15 is 0 Å². The minimum absolute atomic E-state index is 0.238. The Bertz CT molecular complexity index is 478. The first-order chi connectivity index (χ1) is 9.15. The van der Waals surface area contributed by atoms with Crippen molar-refractivity contribution in [3.05, 3.63) is 18.0 Å². The van der Waals surface area contributed by atoms with Gasteiger partial charge >= 0.3 is 0 Å². The Morgan fingerprint density at radius 1 is 1.42 bits per heavy atom. The number of nitrogens with one attached hydrogen (secondary N) is 1. The van der Waals surface area contributed by atoms with E-state index in [2.05, 4.69) is 35.2 Å². The van der Waals surface area contributed by atoms with Gasteiger partial charge in [0.15, 0.2) is 5.96 Å². The number of guanidine groups is 1. The quantitative estimate of drug-likeness (QED) is 0.878. The van der Waals surface area contributed by atoms with Crippen molar-refractivity contribution in [3.8, 4) is 0 Å². The summed E-state index contributed by atoms with van der Waals surface area (Å²) in [5.41, 5.74) is 1.19. The normalized spacial score (nSPS) is 27.9. The SMILES string of the molecule is CC1CCC2CN=C(N[C@H](C)c3ccnn3C)N2C1. The molecule has 3 atom stereocenters. The second-order valence-electron chi connectivity index (χ2n) is 5.90. The fourth-order valence-corrected chi connectivity index (χ4v) is 3.15. The lowest BCUT2D eigenvalue weighted by Crippen LogP contribution is -2.48. The van der Waals surface area contributed by atoms with Crippen molar-refractivity contribution < 1.29 is 0 Å². The Morgan fingerprint density at radius 2 is 2.26 bits per heavy atom. The number of rotatable bonds is 2. The molecule has 0 spiro atoms. The molecule has 5 heteroatoms. The molecule has 0 bridgehead atoms. The zero-order valence-corrected chi connectivity index (χ0v) is 12.0. The van der Waals surface area contributed by atoms with Crippen molar-refractivity contribution in [2.45, 2.75) is 38.8 Å². The molecule has 2 aliphatic rings. The molecule has 1 saturated heterocycles. The highest BCUT2D eigenvalue weighted by Gasteiger charge is 2.33. The first kappa shape index (κ1) is 12.5. The van der Waals surface area contributed by atoms with Gasteiger partial charge < -0.3 is 10.2 Å². The summed E-state index contributed by atoms with van der Waals surface area (Å²) in [7, 11) is 1.98. The number of aryl methyl sites for hydroxylation is 1. The van der Waals surface area contributed by atoms with Crippen LogP contribution in [0.25, 0.3) is 0 Å². The van der Waals surface area contributed by atoms with E-state index in [9.17, 15) is 0 Å². The molecule has 5 nitrogen and oxygen atoms in total. The maximum absolute atomic E-state index is 4.70. The van der Waals surface area contributed by atoms with E-state index in [4.69, 9.17) is 4.99 Å². The third kappa shape index (κ3) is 2.33. The van der Waals surface area contributed by atoms with Crippen molar-refractivity contribution in [1.29, 1.82) is 0 Å². The minimum atomic E-state index is 0.238. The molecule has 0 aliphatic carbocycles. The third-order valence-corrected chi connectivity index (χ3v) is 4.31. The molecule has 0 aromatic carbocycles. The Balaban J connectivity index is 1.68. The van der Waals surface area contributed by atoms with Crippen LogP contribution in [-0.2, 0) is 7.05 Å². The fourth-order valence-electron chi connectivity index (χ4n) is 3.15. The van der Waals surface area contributed by atoms with E-state index in [0.29, 0.717) is 6.04 Å². The Hall–Kier alpha value is -1.52. The summed E-state index contributed by atoms with van der Waals surface area (Å²) >= 11 is 0. The average Bonchev–Trinajstić information content (AvgIpc) is 2.96. The predicted octanol–water partition coefficient (Wildman–Crippen LogP) is 1.54. The van der Waals surface area contributed by atoms with E-state index in [0.717, 1.165) is 25.0 Å². The summed E-state index contributed by atoms with van der Waals surface area (Å²) in [6.07, 6.45) is 4.45. The lowest BCUT2D eigenvalue weighted by molar-refractivity contribution is 0.209. The van der Waals surface area contributed by atoms with Crippen LogP contribution in [-0.4, -0.2) is 39.8 Å². The molecule has 2 aliphatic heterocycles. The third-order valence-electron chi connectivity index (χ3n) is 4.31. The van der Waals surface area contributed by atoms with E-state index in [1.165, 1.54) is 18.5 Å². The van der Waals surface area contributed by atoms with Gasteiger partial charge in [0.1, 0.15) is 0 Å². The molecule has 1 N–H and O–H groups in total. The van der Waals surface area contributed by atoms with Crippen molar-refractivity contribution >= 4 is 5.96 Å². The number of fused-ring (bicyclic) bond motifs is 1. The van der Waals surface area contributed by atoms with E-state index in [1.807, 2.05) is 17.9 Å². The molecule has 0 radical (unpaired) electrons. The topological polar surface area (TPSA) is 45.5 Å². The zero-order chi connectivity index (χ0) is 13.4. The summed E-state index contributed by atoms with van der Waals surface area (Å²) in [6, 6.07) is 2.92. The lowest BCUT2D eigenvalue weighted by Gasteiger charge is -2.36. The summed E-state index contributed by atoms with van der Waals surface area (Å²) in [5, 5.41) is 7.79. The number of hydrogen-bond donors (Lipinski definition) is 1. The Labute approximate surface area is 114 Å². The Kier molecular flexibility index (Phi) is 3.21. The maximum atomic E-state index is 4.70. The molecule has 1 aromatic heterocycles. The highest BCUT2D eigenvalue weighted by molar-refractivity contribution is 5.82. The molecule has 104 valence electrons. The summed E-state index contributed by atoms with van der Waals surface area (Å²) in [6.45, 7) is 6.58. The van der Waals surface area contributed by atoms with Gasteiger partial charge in [-0.05, 0) is 31.7 Å². The summed E-state index contributed by atoms with van der Waals surface area (Å²) in [4.78, 5) is 7.16. The van der Waals surface area contributed by atoms with Crippen molar-refractivity contribution in [2.24, 2.45) is 18.0 Å². The monoisotopic (exact) mass is 261 g/mol. The Morgan fingerprint density at radius 3 is 3.00 bits per heavy atom. The van der Waals surface area contributed by atoms with Gasteiger partial charge in [0.2, 0.25) is 0 Å². The first-order valence-electron chi connectivity index (χ1n) is 7.20.